The van der Waals surface area contributed by atoms with Gasteiger partial charge in [0.25, 0.3) is 0 Å². The fourth-order valence-corrected chi connectivity index (χ4v) is 0.694. The number of hydrogen-bond donors (Lipinski definition) is 3. The number of nitrogens with one attached hydrogen (secondary N) is 1. The third-order valence-corrected chi connectivity index (χ3v) is 1.36. The predicted molar refractivity (Wildman–Crippen MR) is 54.2 cm³/mol. The number of carbonyl (C=O) groups excluding carboxylic acids is 1. The molecule has 0 saturated carbocycles. The average Bonchev–Trinajstić information content (AvgIpc) is 2.03. The molecule has 0 heterocycles. The summed E-state index contributed by atoms with van der Waals surface area (Å²) in [6.07, 6.45) is -0.468. The maximum atomic E-state index is 11.2. The Kier molecular flexibility index (Phi) is 5.44. The number of nitrogens with two attached hydrogens (primary N) is 2. The van der Waals surface area contributed by atoms with Crippen LogP contribution in [0.2, 0.25) is 0 Å². The number of hydrogen-bond acceptors (Lipinski definition) is 5. The van der Waals surface area contributed by atoms with Crippen LogP contribution in [0.15, 0.2) is 0 Å². The first-order valence-corrected chi connectivity index (χ1v) is 4.48. The van der Waals surface area contributed by atoms with E-state index in [-0.39, 0.29) is 0 Å². The van der Waals surface area contributed by atoms with Crippen LogP contribution in [0.4, 0.5) is 4.79 Å². The van der Waals surface area contributed by atoms with Crippen molar-refractivity contribution in [3.8, 4) is 0 Å². The van der Waals surface area contributed by atoms with Crippen molar-refractivity contribution in [3.05, 3.63) is 0 Å². The van der Waals surface area contributed by atoms with Gasteiger partial charge in [-0.05, 0) is 20.8 Å². The van der Waals surface area contributed by atoms with Gasteiger partial charge in [-0.3, -0.25) is 4.90 Å². The number of alkyl carbamates (subject to hydrolysis) is 1. The molecule has 6 nitrogen and oxygen atoms in total. The summed E-state index contributed by atoms with van der Waals surface area (Å²) in [6.45, 7) is 6.29. The number of ether oxygens (including phenoxy) is 1. The minimum Gasteiger partial charge on any atom is -0.444 e. The first kappa shape index (κ1) is 13.2. The Morgan fingerprint density at radius 2 is 1.86 bits per heavy atom. The molecule has 0 fully saturated rings. The molecule has 0 aliphatic rings. The maximum Gasteiger partial charge on any atom is 0.408 e. The third-order valence-electron chi connectivity index (χ3n) is 1.36. The van der Waals surface area contributed by atoms with Gasteiger partial charge in [-0.2, -0.15) is 0 Å². The van der Waals surface area contributed by atoms with E-state index in [9.17, 15) is 4.79 Å². The molecule has 1 amide bonds. The number of amides is 1. The van der Waals surface area contributed by atoms with Crippen molar-refractivity contribution in [3.63, 3.8) is 0 Å². The van der Waals surface area contributed by atoms with Crippen molar-refractivity contribution < 1.29 is 9.53 Å². The molecule has 0 saturated heterocycles. The van der Waals surface area contributed by atoms with Crippen LogP contribution in [-0.2, 0) is 4.74 Å². The monoisotopic (exact) mass is 204 g/mol. The molecule has 0 radical (unpaired) electrons. The van der Waals surface area contributed by atoms with E-state index in [1.54, 1.807) is 25.7 Å². The van der Waals surface area contributed by atoms with Gasteiger partial charge in [0, 0.05) is 13.3 Å². The Balaban J connectivity index is 3.74. The molecule has 14 heavy (non-hydrogen) atoms. The Morgan fingerprint density at radius 1 is 1.36 bits per heavy atom. The molecule has 6 heteroatoms. The predicted octanol–water partition coefficient (Wildman–Crippen LogP) is -0.397. The summed E-state index contributed by atoms with van der Waals surface area (Å²) in [5.74, 6) is 0. The smallest absolute Gasteiger partial charge is 0.408 e. The van der Waals surface area contributed by atoms with Crippen molar-refractivity contribution in [2.24, 2.45) is 11.5 Å². The highest BCUT2D eigenvalue weighted by molar-refractivity contribution is 5.67. The molecular formula is C8H20N4O2. The lowest BCUT2D eigenvalue weighted by Gasteiger charge is -2.22. The van der Waals surface area contributed by atoms with Crippen LogP contribution < -0.4 is 16.8 Å². The van der Waals surface area contributed by atoms with Gasteiger partial charge in [0.15, 0.2) is 0 Å². The van der Waals surface area contributed by atoms with Gasteiger partial charge in [0.2, 0.25) is 0 Å². The van der Waals surface area contributed by atoms with Crippen LogP contribution in [0.5, 0.6) is 0 Å². The summed E-state index contributed by atoms with van der Waals surface area (Å²) in [4.78, 5) is 12.8. The van der Waals surface area contributed by atoms with Gasteiger partial charge in [-0.15, -0.1) is 0 Å². The van der Waals surface area contributed by atoms with E-state index in [4.69, 9.17) is 16.2 Å². The van der Waals surface area contributed by atoms with Gasteiger partial charge in [0.05, 0.1) is 6.67 Å². The Hall–Kier alpha value is -0.850. The fraction of sp³-hybridized carbons (Fsp3) is 0.875. The molecule has 0 bridgehead atoms. The summed E-state index contributed by atoms with van der Waals surface area (Å²) in [5, 5.41) is 2.55. The van der Waals surface area contributed by atoms with Crippen molar-refractivity contribution in [1.29, 1.82) is 0 Å². The standard InChI is InChI=1S/C8H20N4O2/c1-8(2,3)14-7(13)11-6-12(4-9)5-10/h4-6,9-10H2,1-3H3,(H,11,13). The van der Waals surface area contributed by atoms with Crippen molar-refractivity contribution in [1.82, 2.24) is 10.2 Å². The average molecular weight is 204 g/mol. The van der Waals surface area contributed by atoms with E-state index in [1.807, 2.05) is 0 Å². The number of nitrogens with zero attached hydrogens (tertiary/aromatic N) is 1. The molecule has 0 spiro atoms. The maximum absolute atomic E-state index is 11.2. The zero-order valence-corrected chi connectivity index (χ0v) is 9.04. The van der Waals surface area contributed by atoms with Gasteiger partial charge in [0.1, 0.15) is 5.60 Å². The minimum absolute atomic E-state index is 0.294. The van der Waals surface area contributed by atoms with Gasteiger partial charge in [-0.1, -0.05) is 0 Å². The Bertz CT molecular complexity index is 175. The molecule has 0 aliphatic heterocycles. The fourth-order valence-electron chi connectivity index (χ4n) is 0.694. The van der Waals surface area contributed by atoms with Crippen molar-refractivity contribution in [2.45, 2.75) is 26.4 Å². The van der Waals surface area contributed by atoms with Crippen molar-refractivity contribution in [2.75, 3.05) is 20.0 Å². The summed E-state index contributed by atoms with van der Waals surface area (Å²) >= 11 is 0. The Labute approximate surface area is 84.6 Å². The van der Waals surface area contributed by atoms with E-state index < -0.39 is 11.7 Å². The molecule has 5 N–H and O–H groups in total. The molecule has 0 aliphatic carbocycles. The lowest BCUT2D eigenvalue weighted by molar-refractivity contribution is 0.0493. The molecule has 84 valence electrons. The third kappa shape index (κ3) is 6.64. The first-order chi connectivity index (χ1) is 6.39. The van der Waals surface area contributed by atoms with E-state index in [2.05, 4.69) is 5.32 Å². The zero-order chi connectivity index (χ0) is 11.2. The highest BCUT2D eigenvalue weighted by atomic mass is 16.6. The van der Waals surface area contributed by atoms with Crippen molar-refractivity contribution >= 4 is 6.09 Å². The topological polar surface area (TPSA) is 93.6 Å². The van der Waals surface area contributed by atoms with Crippen LogP contribution in [0.3, 0.4) is 0 Å². The normalized spacial score (nSPS) is 11.6. The first-order valence-electron chi connectivity index (χ1n) is 4.48. The van der Waals surface area contributed by atoms with E-state index in [1.165, 1.54) is 0 Å². The van der Waals surface area contributed by atoms with Crippen LogP contribution >= 0.6 is 0 Å². The summed E-state index contributed by atoms with van der Waals surface area (Å²) in [7, 11) is 0. The highest BCUT2D eigenvalue weighted by Gasteiger charge is 2.15. The number of carbonyl (C=O) groups is 1. The quantitative estimate of drug-likeness (QED) is 0.542. The highest BCUT2D eigenvalue weighted by Crippen LogP contribution is 2.06. The van der Waals surface area contributed by atoms with Crippen LogP contribution in [0.1, 0.15) is 20.8 Å². The molecule has 0 aromatic heterocycles. The lowest BCUT2D eigenvalue weighted by Crippen LogP contribution is -2.44. The van der Waals surface area contributed by atoms with Crippen LogP contribution in [0.25, 0.3) is 0 Å². The van der Waals surface area contributed by atoms with Gasteiger partial charge < -0.3 is 21.5 Å². The Morgan fingerprint density at radius 3 is 2.21 bits per heavy atom. The summed E-state index contributed by atoms with van der Waals surface area (Å²) < 4.78 is 5.02. The van der Waals surface area contributed by atoms with Gasteiger partial charge >= 0.3 is 6.09 Å². The molecule has 0 rings (SSSR count). The largest absolute Gasteiger partial charge is 0.444 e. The second-order valence-corrected chi connectivity index (χ2v) is 3.87. The second-order valence-electron chi connectivity index (χ2n) is 3.87. The summed E-state index contributed by atoms with van der Waals surface area (Å²) in [6, 6.07) is 0. The second kappa shape index (κ2) is 5.79. The van der Waals surface area contributed by atoms with Crippen LogP contribution in [0, 0.1) is 0 Å². The summed E-state index contributed by atoms with van der Waals surface area (Å²) in [5.41, 5.74) is 10.2. The molecule has 0 aromatic carbocycles. The van der Waals surface area contributed by atoms with E-state index in [0.717, 1.165) is 0 Å². The zero-order valence-electron chi connectivity index (χ0n) is 9.04. The lowest BCUT2D eigenvalue weighted by atomic mass is 10.2. The molecule has 0 atom stereocenters. The number of rotatable bonds is 4. The van der Waals surface area contributed by atoms with E-state index in [0.29, 0.717) is 20.0 Å². The molecule has 0 unspecified atom stereocenters. The molecular weight excluding hydrogens is 184 g/mol. The SMILES string of the molecule is CC(C)(C)OC(=O)NCN(CN)CN. The van der Waals surface area contributed by atoms with Crippen LogP contribution in [-0.4, -0.2) is 36.6 Å². The van der Waals surface area contributed by atoms with Gasteiger partial charge in [-0.25, -0.2) is 4.79 Å². The minimum atomic E-state index is -0.486. The van der Waals surface area contributed by atoms with E-state index >= 15 is 0 Å². The molecule has 0 aromatic rings.